The number of fused-ring (bicyclic) bond motifs is 1. The van der Waals surface area contributed by atoms with Gasteiger partial charge in [-0.3, -0.25) is 14.4 Å². The highest BCUT2D eigenvalue weighted by molar-refractivity contribution is 6.58. The van der Waals surface area contributed by atoms with Crippen LogP contribution in [0.25, 0.3) is 0 Å². The molecule has 0 bridgehead atoms. The molecule has 4 N–H and O–H groups in total. The second kappa shape index (κ2) is 10.9. The van der Waals surface area contributed by atoms with Gasteiger partial charge in [-0.2, -0.15) is 0 Å². The minimum atomic E-state index is -1.74. The van der Waals surface area contributed by atoms with Gasteiger partial charge in [-0.25, -0.2) is 0 Å². The lowest BCUT2D eigenvalue weighted by atomic mass is 9.78. The number of hydrogen-bond donors (Lipinski definition) is 4. The number of carbonyl (C=O) groups excluding carboxylic acids is 3. The highest BCUT2D eigenvalue weighted by Crippen LogP contribution is 2.35. The molecule has 4 rings (SSSR count). The molecule has 0 saturated carbocycles. The number of rotatable bonds is 7. The van der Waals surface area contributed by atoms with Gasteiger partial charge in [-0.05, 0) is 74.0 Å². The van der Waals surface area contributed by atoms with Crippen molar-refractivity contribution in [1.82, 2.24) is 15.5 Å². The number of nitrogens with zero attached hydrogens (tertiary/aromatic N) is 1. The fourth-order valence-corrected chi connectivity index (χ4v) is 5.64. The number of amides is 3. The molecule has 9 heteroatoms. The van der Waals surface area contributed by atoms with E-state index in [1.807, 2.05) is 46.8 Å². The summed E-state index contributed by atoms with van der Waals surface area (Å²) in [5.41, 5.74) is 2.37. The second-order valence-electron chi connectivity index (χ2n) is 12.0. The van der Waals surface area contributed by atoms with Gasteiger partial charge in [0, 0.05) is 5.54 Å². The predicted molar refractivity (Wildman–Crippen MR) is 146 cm³/mol. The summed E-state index contributed by atoms with van der Waals surface area (Å²) in [7, 11) is -1.74. The molecule has 1 heterocycles. The lowest BCUT2D eigenvalue weighted by molar-refractivity contribution is -0.158. The average molecular weight is 519 g/mol. The van der Waals surface area contributed by atoms with E-state index in [4.69, 9.17) is 0 Å². The Kier molecular flexibility index (Phi) is 8.00. The lowest BCUT2D eigenvalue weighted by Crippen LogP contribution is -2.67. The van der Waals surface area contributed by atoms with Crippen LogP contribution in [0.5, 0.6) is 0 Å². The van der Waals surface area contributed by atoms with Gasteiger partial charge in [0.05, 0.1) is 0 Å². The van der Waals surface area contributed by atoms with E-state index in [1.165, 1.54) is 22.1 Å². The smallest absolute Gasteiger partial charge is 0.423 e. The monoisotopic (exact) mass is 519 g/mol. The Balaban J connectivity index is 1.79. The van der Waals surface area contributed by atoms with E-state index >= 15 is 0 Å². The lowest BCUT2D eigenvalue weighted by Gasteiger charge is -2.45. The molecule has 0 radical (unpaired) electrons. The van der Waals surface area contributed by atoms with Gasteiger partial charge in [0.1, 0.15) is 18.1 Å². The van der Waals surface area contributed by atoms with E-state index in [0.29, 0.717) is 24.8 Å². The zero-order valence-corrected chi connectivity index (χ0v) is 22.8. The van der Waals surface area contributed by atoms with Crippen LogP contribution in [0.15, 0.2) is 48.5 Å². The van der Waals surface area contributed by atoms with E-state index in [2.05, 4.69) is 22.8 Å². The minimum Gasteiger partial charge on any atom is -0.423 e. The van der Waals surface area contributed by atoms with E-state index in [0.717, 1.165) is 0 Å². The van der Waals surface area contributed by atoms with Crippen molar-refractivity contribution in [2.45, 2.75) is 77.5 Å². The standard InChI is InChI=1S/C29H38BN3O5/c1-17(2)13-23-26(34)31-24(21-14-18-9-6-7-10-19(18)15-21)28(36)33(23)25(27(35)32-29(3,4)5)20-11-8-12-22(16-20)30(37)38/h6-12,16-17,21,23-25,37-38H,13-15H2,1-5H3,(H,31,34)(H,32,35)/t23-,24-,25-/m1/s1. The second-order valence-corrected chi connectivity index (χ2v) is 12.0. The Labute approximate surface area is 225 Å². The fourth-order valence-electron chi connectivity index (χ4n) is 5.64. The van der Waals surface area contributed by atoms with E-state index < -0.39 is 36.7 Å². The zero-order valence-electron chi connectivity index (χ0n) is 22.8. The molecule has 2 aliphatic rings. The van der Waals surface area contributed by atoms with Crippen LogP contribution in [-0.4, -0.2) is 57.4 Å². The maximum Gasteiger partial charge on any atom is 0.488 e. The molecule has 2 aromatic rings. The summed E-state index contributed by atoms with van der Waals surface area (Å²) in [6, 6.07) is 11.7. The molecule has 3 atom stereocenters. The highest BCUT2D eigenvalue weighted by Gasteiger charge is 2.49. The first-order valence-electron chi connectivity index (χ1n) is 13.3. The molecule has 1 aliphatic heterocycles. The molecule has 1 saturated heterocycles. The molecular weight excluding hydrogens is 481 g/mol. The molecule has 3 amide bonds. The van der Waals surface area contributed by atoms with Gasteiger partial charge in [-0.1, -0.05) is 62.4 Å². The summed E-state index contributed by atoms with van der Waals surface area (Å²) >= 11 is 0. The van der Waals surface area contributed by atoms with Crippen LogP contribution in [-0.2, 0) is 27.2 Å². The molecule has 202 valence electrons. The largest absolute Gasteiger partial charge is 0.488 e. The van der Waals surface area contributed by atoms with Crippen molar-refractivity contribution in [3.8, 4) is 0 Å². The molecule has 0 spiro atoms. The van der Waals surface area contributed by atoms with Gasteiger partial charge in [0.25, 0.3) is 0 Å². The average Bonchev–Trinajstić information content (AvgIpc) is 3.26. The topological polar surface area (TPSA) is 119 Å². The summed E-state index contributed by atoms with van der Waals surface area (Å²) < 4.78 is 0. The third-order valence-electron chi connectivity index (χ3n) is 7.25. The van der Waals surface area contributed by atoms with Crippen molar-refractivity contribution in [3.05, 3.63) is 65.2 Å². The van der Waals surface area contributed by atoms with Crippen LogP contribution in [0, 0.1) is 11.8 Å². The summed E-state index contributed by atoms with van der Waals surface area (Å²) in [5, 5.41) is 25.6. The first-order chi connectivity index (χ1) is 17.9. The molecule has 2 aromatic carbocycles. The van der Waals surface area contributed by atoms with Crippen LogP contribution >= 0.6 is 0 Å². The zero-order chi connectivity index (χ0) is 27.8. The van der Waals surface area contributed by atoms with Crippen molar-refractivity contribution in [3.63, 3.8) is 0 Å². The first kappa shape index (κ1) is 27.9. The van der Waals surface area contributed by atoms with Crippen molar-refractivity contribution < 1.29 is 24.4 Å². The maximum atomic E-state index is 14.3. The number of benzene rings is 2. The van der Waals surface area contributed by atoms with Crippen molar-refractivity contribution in [1.29, 1.82) is 0 Å². The SMILES string of the molecule is CC(C)C[C@@H]1C(=O)N[C@H](C2Cc3ccccc3C2)C(=O)N1[C@@H](C(=O)NC(C)(C)C)c1cccc(B(O)O)c1. The number of nitrogens with one attached hydrogen (secondary N) is 2. The fraction of sp³-hybridized carbons (Fsp3) is 0.483. The summed E-state index contributed by atoms with van der Waals surface area (Å²) in [5.74, 6) is -1.02. The maximum absolute atomic E-state index is 14.3. The Hall–Kier alpha value is -3.17. The summed E-state index contributed by atoms with van der Waals surface area (Å²) in [6.45, 7) is 9.51. The quantitative estimate of drug-likeness (QED) is 0.414. The molecule has 0 aromatic heterocycles. The molecule has 1 fully saturated rings. The number of carbonyl (C=O) groups is 3. The van der Waals surface area contributed by atoms with E-state index in [1.54, 1.807) is 18.2 Å². The number of hydrogen-bond acceptors (Lipinski definition) is 5. The van der Waals surface area contributed by atoms with Crippen LogP contribution in [0.2, 0.25) is 0 Å². The van der Waals surface area contributed by atoms with Crippen molar-refractivity contribution in [2.24, 2.45) is 11.8 Å². The van der Waals surface area contributed by atoms with Gasteiger partial charge >= 0.3 is 7.12 Å². The van der Waals surface area contributed by atoms with Crippen LogP contribution in [0.4, 0.5) is 0 Å². The molecular formula is C29H38BN3O5. The van der Waals surface area contributed by atoms with Crippen molar-refractivity contribution >= 4 is 30.3 Å². The Morgan fingerprint density at radius 3 is 2.26 bits per heavy atom. The third kappa shape index (κ3) is 5.94. The van der Waals surface area contributed by atoms with Crippen LogP contribution < -0.4 is 16.1 Å². The first-order valence-corrected chi connectivity index (χ1v) is 13.3. The van der Waals surface area contributed by atoms with E-state index in [-0.39, 0.29) is 29.1 Å². The van der Waals surface area contributed by atoms with E-state index in [9.17, 15) is 24.4 Å². The van der Waals surface area contributed by atoms with Crippen LogP contribution in [0.3, 0.4) is 0 Å². The normalized spacial score (nSPS) is 20.8. The molecule has 0 unspecified atom stereocenters. The Morgan fingerprint density at radius 2 is 1.71 bits per heavy atom. The molecule has 38 heavy (non-hydrogen) atoms. The minimum absolute atomic E-state index is 0.0882. The van der Waals surface area contributed by atoms with Gasteiger partial charge < -0.3 is 25.6 Å². The highest BCUT2D eigenvalue weighted by atomic mass is 16.4. The van der Waals surface area contributed by atoms with Gasteiger partial charge in [0.2, 0.25) is 17.7 Å². The molecule has 8 nitrogen and oxygen atoms in total. The Bertz CT molecular complexity index is 1180. The van der Waals surface area contributed by atoms with Crippen LogP contribution in [0.1, 0.15) is 63.8 Å². The van der Waals surface area contributed by atoms with Crippen molar-refractivity contribution in [2.75, 3.05) is 0 Å². The molecule has 1 aliphatic carbocycles. The number of piperazine rings is 1. The van der Waals surface area contributed by atoms with Gasteiger partial charge in [0.15, 0.2) is 0 Å². The summed E-state index contributed by atoms with van der Waals surface area (Å²) in [6.07, 6.45) is 1.72. The summed E-state index contributed by atoms with van der Waals surface area (Å²) in [4.78, 5) is 43.3. The third-order valence-corrected chi connectivity index (χ3v) is 7.25. The van der Waals surface area contributed by atoms with Gasteiger partial charge in [-0.15, -0.1) is 0 Å². The Morgan fingerprint density at radius 1 is 1.08 bits per heavy atom. The predicted octanol–water partition coefficient (Wildman–Crippen LogP) is 1.48.